The van der Waals surface area contributed by atoms with Crippen molar-refractivity contribution in [2.45, 2.75) is 83.0 Å². The second kappa shape index (κ2) is 19.6. The minimum Gasteiger partial charge on any atom is -0.434 e. The first-order valence-electron chi connectivity index (χ1n) is 14.4. The van der Waals surface area contributed by atoms with E-state index in [0.717, 1.165) is 18.4 Å². The van der Waals surface area contributed by atoms with E-state index in [1.807, 2.05) is 55.5 Å². The van der Waals surface area contributed by atoms with Crippen LogP contribution in [0.4, 0.5) is 4.79 Å². The highest BCUT2D eigenvalue weighted by atomic mass is 16.9. The van der Waals surface area contributed by atoms with Crippen LogP contribution in [-0.2, 0) is 25.5 Å². The Labute approximate surface area is 241 Å². The highest BCUT2D eigenvalue weighted by molar-refractivity contribution is 5.75. The van der Waals surface area contributed by atoms with E-state index < -0.39 is 29.6 Å². The van der Waals surface area contributed by atoms with Gasteiger partial charge in [0.25, 0.3) is 5.09 Å². The average molecular weight is 577 g/mol. The fourth-order valence-corrected chi connectivity index (χ4v) is 4.82. The molecule has 3 N–H and O–H groups in total. The first-order chi connectivity index (χ1) is 19.8. The summed E-state index contributed by atoms with van der Waals surface area (Å²) in [4.78, 5) is 38.4. The summed E-state index contributed by atoms with van der Waals surface area (Å²) >= 11 is 0. The molecule has 0 bridgehead atoms. The zero-order chi connectivity index (χ0) is 29.9. The molecule has 1 saturated carbocycles. The molecule has 11 nitrogen and oxygen atoms in total. The SMILES string of the molecule is CCNC(=O)CCC/C=C\C[C@@H]1[C@@H](/C=C/[C@@H](O)CCc2ccccc2)[C@H](OC(=O)OCCCCO[N+](=O)[O-])C[C@H]1O. The number of allylic oxidation sites excluding steroid dienone is 2. The molecule has 1 fully saturated rings. The lowest BCUT2D eigenvalue weighted by molar-refractivity contribution is -0.757. The van der Waals surface area contributed by atoms with Crippen molar-refractivity contribution in [1.29, 1.82) is 0 Å². The summed E-state index contributed by atoms with van der Waals surface area (Å²) in [6.07, 6.45) is 9.22. The van der Waals surface area contributed by atoms with Gasteiger partial charge in [-0.25, -0.2) is 4.79 Å². The van der Waals surface area contributed by atoms with Crippen LogP contribution < -0.4 is 5.32 Å². The fourth-order valence-electron chi connectivity index (χ4n) is 4.82. The molecule has 41 heavy (non-hydrogen) atoms. The smallest absolute Gasteiger partial charge is 0.434 e. The number of benzene rings is 1. The van der Waals surface area contributed by atoms with Gasteiger partial charge in [0.15, 0.2) is 0 Å². The molecule has 2 rings (SSSR count). The van der Waals surface area contributed by atoms with Crippen LogP contribution in [0.3, 0.4) is 0 Å². The quantitative estimate of drug-likeness (QED) is 0.0718. The van der Waals surface area contributed by atoms with Gasteiger partial charge in [-0.15, -0.1) is 10.1 Å². The normalized spacial score (nSPS) is 21.1. The Morgan fingerprint density at radius 2 is 1.93 bits per heavy atom. The number of carbonyl (C=O) groups excluding carboxylic acids is 2. The van der Waals surface area contributed by atoms with Gasteiger partial charge < -0.3 is 29.8 Å². The Kier molecular flexibility index (Phi) is 16.1. The van der Waals surface area contributed by atoms with Crippen molar-refractivity contribution in [3.05, 3.63) is 70.3 Å². The number of nitrogens with zero attached hydrogens (tertiary/aromatic N) is 1. The van der Waals surface area contributed by atoms with Crippen LogP contribution in [0.5, 0.6) is 0 Å². The molecule has 1 aliphatic rings. The summed E-state index contributed by atoms with van der Waals surface area (Å²) in [5.41, 5.74) is 1.13. The van der Waals surface area contributed by atoms with Gasteiger partial charge in [0, 0.05) is 25.3 Å². The summed E-state index contributed by atoms with van der Waals surface area (Å²) in [7, 11) is 0. The molecule has 0 spiro atoms. The topological polar surface area (TPSA) is 157 Å². The Balaban J connectivity index is 1.93. The number of ether oxygens (including phenoxy) is 2. The lowest BCUT2D eigenvalue weighted by Crippen LogP contribution is -2.25. The van der Waals surface area contributed by atoms with Crippen LogP contribution in [0, 0.1) is 22.0 Å². The summed E-state index contributed by atoms with van der Waals surface area (Å²) in [5, 5.41) is 33.5. The first kappa shape index (κ1) is 33.8. The average Bonchev–Trinajstić information content (AvgIpc) is 3.23. The molecule has 228 valence electrons. The van der Waals surface area contributed by atoms with E-state index >= 15 is 0 Å². The minimum atomic E-state index is -0.873. The van der Waals surface area contributed by atoms with E-state index in [1.165, 1.54) is 0 Å². The monoisotopic (exact) mass is 576 g/mol. The van der Waals surface area contributed by atoms with Gasteiger partial charge in [-0.2, -0.15) is 0 Å². The second-order valence-electron chi connectivity index (χ2n) is 10.1. The molecular formula is C30H44N2O9. The molecule has 0 saturated heterocycles. The molecule has 11 heteroatoms. The molecule has 1 aromatic rings. The zero-order valence-corrected chi connectivity index (χ0v) is 23.8. The maximum Gasteiger partial charge on any atom is 0.508 e. The van der Waals surface area contributed by atoms with Gasteiger partial charge in [-0.1, -0.05) is 54.6 Å². The first-order valence-corrected chi connectivity index (χ1v) is 14.4. The van der Waals surface area contributed by atoms with Crippen LogP contribution in [0.1, 0.15) is 63.9 Å². The molecular weight excluding hydrogens is 532 g/mol. The number of carbonyl (C=O) groups is 2. The number of hydrogen-bond acceptors (Lipinski definition) is 9. The summed E-state index contributed by atoms with van der Waals surface area (Å²) in [5.74, 6) is -0.540. The number of aliphatic hydroxyl groups excluding tert-OH is 2. The van der Waals surface area contributed by atoms with Crippen molar-refractivity contribution in [2.24, 2.45) is 11.8 Å². The van der Waals surface area contributed by atoms with Crippen LogP contribution in [-0.4, -0.2) is 65.4 Å². The number of aliphatic hydroxyl groups is 2. The maximum atomic E-state index is 12.3. The van der Waals surface area contributed by atoms with Crippen LogP contribution in [0.2, 0.25) is 0 Å². The van der Waals surface area contributed by atoms with E-state index in [4.69, 9.17) is 9.47 Å². The molecule has 0 aromatic heterocycles. The zero-order valence-electron chi connectivity index (χ0n) is 23.8. The highest BCUT2D eigenvalue weighted by Gasteiger charge is 2.43. The molecule has 1 aliphatic carbocycles. The third-order valence-corrected chi connectivity index (χ3v) is 6.95. The lowest BCUT2D eigenvalue weighted by atomic mass is 9.89. The number of unbranched alkanes of at least 4 members (excludes halogenated alkanes) is 2. The number of hydrogen-bond donors (Lipinski definition) is 3. The van der Waals surface area contributed by atoms with Gasteiger partial charge in [0.2, 0.25) is 5.91 Å². The maximum absolute atomic E-state index is 12.3. The van der Waals surface area contributed by atoms with Crippen molar-refractivity contribution in [3.63, 3.8) is 0 Å². The van der Waals surface area contributed by atoms with E-state index in [-0.39, 0.29) is 37.4 Å². The van der Waals surface area contributed by atoms with Crippen molar-refractivity contribution in [2.75, 3.05) is 19.8 Å². The van der Waals surface area contributed by atoms with Gasteiger partial charge in [-0.3, -0.25) is 4.79 Å². The predicted molar refractivity (Wildman–Crippen MR) is 152 cm³/mol. The van der Waals surface area contributed by atoms with E-state index in [1.54, 1.807) is 6.08 Å². The van der Waals surface area contributed by atoms with Gasteiger partial charge in [-0.05, 0) is 63.4 Å². The lowest BCUT2D eigenvalue weighted by Gasteiger charge is -2.22. The van der Waals surface area contributed by atoms with Gasteiger partial charge >= 0.3 is 6.16 Å². The molecule has 0 aliphatic heterocycles. The number of rotatable bonds is 19. The molecule has 0 heterocycles. The highest BCUT2D eigenvalue weighted by Crippen LogP contribution is 2.38. The van der Waals surface area contributed by atoms with Crippen molar-refractivity contribution in [3.8, 4) is 0 Å². The summed E-state index contributed by atoms with van der Waals surface area (Å²) in [6.45, 7) is 2.43. The van der Waals surface area contributed by atoms with Crippen LogP contribution >= 0.6 is 0 Å². The second-order valence-corrected chi connectivity index (χ2v) is 10.1. The molecule has 0 unspecified atom stereocenters. The fraction of sp³-hybridized carbons (Fsp3) is 0.600. The third kappa shape index (κ3) is 14.1. The van der Waals surface area contributed by atoms with E-state index in [9.17, 15) is 29.9 Å². The predicted octanol–water partition coefficient (Wildman–Crippen LogP) is 4.30. The summed E-state index contributed by atoms with van der Waals surface area (Å²) < 4.78 is 10.7. The van der Waals surface area contributed by atoms with E-state index in [0.29, 0.717) is 45.1 Å². The Hall–Kier alpha value is -3.44. The minimum absolute atomic E-state index is 0.0241. The molecule has 1 aromatic carbocycles. The van der Waals surface area contributed by atoms with Gasteiger partial charge in [0.1, 0.15) is 6.10 Å². The molecule has 5 atom stereocenters. The molecule has 0 radical (unpaired) electrons. The van der Waals surface area contributed by atoms with E-state index in [2.05, 4.69) is 10.2 Å². The standard InChI is InChI=1S/C30H44N2O9/c1-2-31-29(35)15-9-4-3-8-14-25-26(19-18-24(33)17-16-23-12-6-5-7-13-23)28(22-27(25)34)41-30(36)39-20-10-11-21-40-32(37)38/h3,5-8,12-13,18-19,24-28,33-34H,2,4,9-11,14-17,20-22H2,1H3,(H,31,35)/b8-3-,19-18+/t24-,25+,26+,27+,28+/m0/s1. The largest absolute Gasteiger partial charge is 0.508 e. The van der Waals surface area contributed by atoms with Crippen molar-refractivity contribution in [1.82, 2.24) is 5.32 Å². The Morgan fingerprint density at radius 1 is 1.17 bits per heavy atom. The van der Waals surface area contributed by atoms with Crippen molar-refractivity contribution < 1.29 is 39.2 Å². The van der Waals surface area contributed by atoms with Crippen LogP contribution in [0.25, 0.3) is 0 Å². The number of amides is 1. The van der Waals surface area contributed by atoms with Gasteiger partial charge in [0.05, 0.1) is 25.4 Å². The number of nitrogens with one attached hydrogen (secondary N) is 1. The third-order valence-electron chi connectivity index (χ3n) is 6.95. The summed E-state index contributed by atoms with van der Waals surface area (Å²) in [6, 6.07) is 9.87. The molecule has 1 amide bonds. The number of aryl methyl sites for hydroxylation is 1. The van der Waals surface area contributed by atoms with Crippen LogP contribution in [0.15, 0.2) is 54.6 Å². The Morgan fingerprint density at radius 3 is 2.66 bits per heavy atom. The van der Waals surface area contributed by atoms with Crippen molar-refractivity contribution >= 4 is 12.1 Å². The Bertz CT molecular complexity index is 970.